The summed E-state index contributed by atoms with van der Waals surface area (Å²) in [6.07, 6.45) is 0. The number of benzene rings is 1. The Labute approximate surface area is 87.1 Å². The predicted octanol–water partition coefficient (Wildman–Crippen LogP) is 1.73. The average molecular weight is 234 g/mol. The van der Waals surface area contributed by atoms with Gasteiger partial charge in [0, 0.05) is 16.0 Å². The summed E-state index contributed by atoms with van der Waals surface area (Å²) in [5.41, 5.74) is 1.03. The number of rotatable bonds is 2. The maximum atomic E-state index is 10.3. The zero-order valence-corrected chi connectivity index (χ0v) is 8.66. The second-order valence-corrected chi connectivity index (χ2v) is 3.28. The molecule has 0 amide bonds. The van der Waals surface area contributed by atoms with Crippen molar-refractivity contribution in [3.8, 4) is 0 Å². The summed E-state index contributed by atoms with van der Waals surface area (Å²) in [5.74, 6) is 0. The van der Waals surface area contributed by atoms with Gasteiger partial charge in [0.2, 0.25) is 11.5 Å². The Morgan fingerprint density at radius 1 is 1.38 bits per heavy atom. The van der Waals surface area contributed by atoms with Crippen molar-refractivity contribution in [3.63, 3.8) is 0 Å². The minimum absolute atomic E-state index is 0.101. The smallest absolute Gasteiger partial charge is 0.205 e. The molecule has 1 aromatic carbocycles. The van der Waals surface area contributed by atoms with Gasteiger partial charge in [0.25, 0.3) is 0 Å². The van der Waals surface area contributed by atoms with Crippen LogP contribution in [-0.2, 0) is 22.7 Å². The van der Waals surface area contributed by atoms with Crippen LogP contribution in [0.4, 0.5) is 5.69 Å². The lowest BCUT2D eigenvalue weighted by atomic mass is 10.2. The van der Waals surface area contributed by atoms with Crippen molar-refractivity contribution in [1.29, 1.82) is 0 Å². The molecule has 3 nitrogen and oxygen atoms in total. The summed E-state index contributed by atoms with van der Waals surface area (Å²) in [7, 11) is 0. The van der Waals surface area contributed by atoms with E-state index in [1.54, 1.807) is 18.2 Å². The van der Waals surface area contributed by atoms with Crippen LogP contribution in [0.3, 0.4) is 0 Å². The third-order valence-corrected chi connectivity index (χ3v) is 2.16. The molecule has 0 aromatic heterocycles. The number of halogens is 1. The van der Waals surface area contributed by atoms with E-state index in [-0.39, 0.29) is 11.5 Å². The molecule has 68 valence electrons. The fourth-order valence-corrected chi connectivity index (χ4v) is 1.51. The van der Waals surface area contributed by atoms with Gasteiger partial charge in [-0.25, -0.2) is 4.21 Å². The Bertz CT molecular complexity index is 423. The van der Waals surface area contributed by atoms with Crippen molar-refractivity contribution in [2.45, 2.75) is 0 Å². The van der Waals surface area contributed by atoms with Gasteiger partial charge in [-0.1, -0.05) is 11.6 Å². The van der Waals surface area contributed by atoms with Gasteiger partial charge in [0.15, 0.2) is 0 Å². The molecule has 0 spiro atoms. The van der Waals surface area contributed by atoms with Gasteiger partial charge in [0.05, 0.1) is 16.9 Å². The van der Waals surface area contributed by atoms with Gasteiger partial charge >= 0.3 is 0 Å². The minimum Gasteiger partial charge on any atom is -0.212 e. The zero-order valence-electron chi connectivity index (χ0n) is 6.27. The SMILES string of the molecule is O=S=Cc1cc(Cl)ccc1N=S=O. The first-order chi connectivity index (χ1) is 6.27. The number of hydrogen-bond acceptors (Lipinski definition) is 3. The molecule has 0 aliphatic heterocycles. The van der Waals surface area contributed by atoms with E-state index in [9.17, 15) is 8.42 Å². The molecule has 13 heavy (non-hydrogen) atoms. The Morgan fingerprint density at radius 2 is 2.15 bits per heavy atom. The van der Waals surface area contributed by atoms with E-state index < -0.39 is 0 Å². The van der Waals surface area contributed by atoms with Crippen LogP contribution < -0.4 is 0 Å². The van der Waals surface area contributed by atoms with Gasteiger partial charge < -0.3 is 0 Å². The van der Waals surface area contributed by atoms with Gasteiger partial charge in [-0.05, 0) is 18.2 Å². The fourth-order valence-electron chi connectivity index (χ4n) is 0.795. The lowest BCUT2D eigenvalue weighted by molar-refractivity contribution is 0.698. The van der Waals surface area contributed by atoms with Crippen LogP contribution in [0.25, 0.3) is 0 Å². The molecule has 0 unspecified atom stereocenters. The van der Waals surface area contributed by atoms with Crippen LogP contribution in [0, 0.1) is 0 Å². The molecule has 1 rings (SSSR count). The highest BCUT2D eigenvalue weighted by Gasteiger charge is 1.99. The van der Waals surface area contributed by atoms with E-state index in [1.807, 2.05) is 0 Å². The molecule has 0 saturated carbocycles. The van der Waals surface area contributed by atoms with E-state index in [2.05, 4.69) is 4.36 Å². The van der Waals surface area contributed by atoms with Gasteiger partial charge in [0.1, 0.15) is 0 Å². The third kappa shape index (κ3) is 2.87. The van der Waals surface area contributed by atoms with Gasteiger partial charge in [-0.15, -0.1) is 0 Å². The average Bonchev–Trinajstić information content (AvgIpc) is 2.10. The molecule has 0 fully saturated rings. The Kier molecular flexibility index (Phi) is 4.01. The first-order valence-electron chi connectivity index (χ1n) is 3.19. The fraction of sp³-hybridized carbons (Fsp3) is 0. The molecule has 0 saturated heterocycles. The van der Waals surface area contributed by atoms with E-state index in [0.29, 0.717) is 27.5 Å². The zero-order chi connectivity index (χ0) is 9.68. The maximum Gasteiger partial charge on any atom is 0.205 e. The van der Waals surface area contributed by atoms with Crippen LogP contribution in [0.2, 0.25) is 5.02 Å². The summed E-state index contributed by atoms with van der Waals surface area (Å²) >= 11 is 6.09. The quantitative estimate of drug-likeness (QED) is 0.731. The summed E-state index contributed by atoms with van der Waals surface area (Å²) in [5, 5.41) is 1.86. The van der Waals surface area contributed by atoms with Crippen LogP contribution in [0.5, 0.6) is 0 Å². The second-order valence-electron chi connectivity index (χ2n) is 2.08. The Morgan fingerprint density at radius 3 is 2.77 bits per heavy atom. The van der Waals surface area contributed by atoms with E-state index >= 15 is 0 Å². The van der Waals surface area contributed by atoms with E-state index in [1.165, 1.54) is 5.37 Å². The van der Waals surface area contributed by atoms with Crippen molar-refractivity contribution in [1.82, 2.24) is 0 Å². The topological polar surface area (TPSA) is 46.5 Å². The number of nitrogens with zero attached hydrogens (tertiary/aromatic N) is 1. The largest absolute Gasteiger partial charge is 0.212 e. The molecule has 0 radical (unpaired) electrons. The molecule has 0 aliphatic carbocycles. The standard InChI is InChI=1S/C7H4ClNO2S2/c8-6-1-2-7(9-13-11)5(3-6)4-12-10/h1-4H. The molecule has 0 bridgehead atoms. The highest BCUT2D eigenvalue weighted by molar-refractivity contribution is 7.65. The Balaban J connectivity index is 3.33. The third-order valence-electron chi connectivity index (χ3n) is 1.30. The Hall–Kier alpha value is -0.780. The van der Waals surface area contributed by atoms with Crippen molar-refractivity contribution in [2.24, 2.45) is 4.36 Å². The van der Waals surface area contributed by atoms with Crippen molar-refractivity contribution in [3.05, 3.63) is 28.8 Å². The molecule has 0 aliphatic rings. The van der Waals surface area contributed by atoms with E-state index in [4.69, 9.17) is 11.6 Å². The van der Waals surface area contributed by atoms with Crippen LogP contribution in [-0.4, -0.2) is 13.8 Å². The van der Waals surface area contributed by atoms with Crippen molar-refractivity contribution >= 4 is 45.4 Å². The summed E-state index contributed by atoms with van der Waals surface area (Å²) in [6.45, 7) is 0. The van der Waals surface area contributed by atoms with Crippen LogP contribution >= 0.6 is 11.6 Å². The minimum atomic E-state index is 0.101. The normalized spacial score (nSPS) is 9.00. The molecule has 0 N–H and O–H groups in total. The second kappa shape index (κ2) is 5.06. The molecule has 6 heteroatoms. The maximum absolute atomic E-state index is 10.3. The molecule has 0 heterocycles. The lowest BCUT2D eigenvalue weighted by Gasteiger charge is -1.96. The summed E-state index contributed by atoms with van der Waals surface area (Å²) in [4.78, 5) is 0. The highest BCUT2D eigenvalue weighted by atomic mass is 35.5. The summed E-state index contributed by atoms with van der Waals surface area (Å²) < 4.78 is 24.0. The van der Waals surface area contributed by atoms with Gasteiger partial charge in [-0.2, -0.15) is 8.57 Å². The van der Waals surface area contributed by atoms with Crippen molar-refractivity contribution in [2.75, 3.05) is 0 Å². The molecular weight excluding hydrogens is 230 g/mol. The molecule has 0 atom stereocenters. The first-order valence-corrected chi connectivity index (χ1v) is 5.07. The predicted molar refractivity (Wildman–Crippen MR) is 55.0 cm³/mol. The molecular formula is C7H4ClNO2S2. The number of hydrogen-bond donors (Lipinski definition) is 0. The van der Waals surface area contributed by atoms with Gasteiger partial charge in [-0.3, -0.25) is 0 Å². The first kappa shape index (κ1) is 10.3. The van der Waals surface area contributed by atoms with Crippen molar-refractivity contribution < 1.29 is 8.42 Å². The van der Waals surface area contributed by atoms with E-state index in [0.717, 1.165) is 0 Å². The van der Waals surface area contributed by atoms with Crippen LogP contribution in [0.1, 0.15) is 5.56 Å². The highest BCUT2D eigenvalue weighted by Crippen LogP contribution is 2.21. The molecule has 1 aromatic rings. The summed E-state index contributed by atoms with van der Waals surface area (Å²) in [6, 6.07) is 4.79. The van der Waals surface area contributed by atoms with Crippen LogP contribution in [0.15, 0.2) is 22.6 Å². The lowest BCUT2D eigenvalue weighted by Crippen LogP contribution is -1.81. The monoisotopic (exact) mass is 233 g/mol.